The SMILES string of the molecule is N[C@@H](CS[C@H](C(=O)O)[C@H](O)C(=O)O)C(=O)O. The zero-order valence-electron chi connectivity index (χ0n) is 7.94. The van der Waals surface area contributed by atoms with E-state index in [9.17, 15) is 14.4 Å². The van der Waals surface area contributed by atoms with Crippen molar-refractivity contribution < 1.29 is 34.8 Å². The lowest BCUT2D eigenvalue weighted by molar-refractivity contribution is -0.152. The Labute approximate surface area is 94.1 Å². The molecular formula is C7H11NO7S. The van der Waals surface area contributed by atoms with Crippen LogP contribution in [0.25, 0.3) is 0 Å². The Morgan fingerprint density at radius 2 is 1.56 bits per heavy atom. The molecule has 6 N–H and O–H groups in total. The molecule has 0 aliphatic carbocycles. The molecule has 0 aliphatic heterocycles. The largest absolute Gasteiger partial charge is 0.480 e. The van der Waals surface area contributed by atoms with Crippen molar-refractivity contribution in [1.29, 1.82) is 0 Å². The third-order valence-corrected chi connectivity index (χ3v) is 2.93. The van der Waals surface area contributed by atoms with Gasteiger partial charge >= 0.3 is 17.9 Å². The van der Waals surface area contributed by atoms with Crippen LogP contribution >= 0.6 is 11.8 Å². The van der Waals surface area contributed by atoms with Crippen molar-refractivity contribution >= 4 is 29.7 Å². The summed E-state index contributed by atoms with van der Waals surface area (Å²) in [6, 6.07) is -1.31. The number of aliphatic hydroxyl groups is 1. The van der Waals surface area contributed by atoms with Crippen molar-refractivity contribution in [3.8, 4) is 0 Å². The molecular weight excluding hydrogens is 242 g/mol. The average molecular weight is 253 g/mol. The number of aliphatic carboxylic acids is 3. The fraction of sp³-hybridized carbons (Fsp3) is 0.571. The quantitative estimate of drug-likeness (QED) is 0.347. The minimum absolute atomic E-state index is 0.309. The lowest BCUT2D eigenvalue weighted by Crippen LogP contribution is -2.40. The highest BCUT2D eigenvalue weighted by Gasteiger charge is 2.33. The number of nitrogens with two attached hydrogens (primary N) is 1. The minimum Gasteiger partial charge on any atom is -0.480 e. The molecule has 0 saturated carbocycles. The van der Waals surface area contributed by atoms with E-state index in [0.717, 1.165) is 0 Å². The summed E-state index contributed by atoms with van der Waals surface area (Å²) in [5.41, 5.74) is 5.10. The van der Waals surface area contributed by atoms with Gasteiger partial charge in [0.25, 0.3) is 0 Å². The van der Waals surface area contributed by atoms with Crippen LogP contribution in [0.4, 0.5) is 0 Å². The van der Waals surface area contributed by atoms with Crippen LogP contribution < -0.4 is 5.73 Å². The Morgan fingerprint density at radius 1 is 1.06 bits per heavy atom. The standard InChI is InChI=1S/C7H11NO7S/c8-2(5(10)11)1-16-4(7(14)15)3(9)6(12)13/h2-4,9H,1,8H2,(H,10,11)(H,12,13)(H,14,15)/t2-,3-,4-/m0/s1. The number of aliphatic hydroxyl groups excluding tert-OH is 1. The molecule has 0 unspecified atom stereocenters. The first kappa shape index (κ1) is 14.7. The third kappa shape index (κ3) is 4.47. The fourth-order valence-electron chi connectivity index (χ4n) is 0.706. The topological polar surface area (TPSA) is 158 Å². The van der Waals surface area contributed by atoms with E-state index in [0.29, 0.717) is 11.8 Å². The predicted octanol–water partition coefficient (Wildman–Crippen LogP) is -1.97. The third-order valence-electron chi connectivity index (χ3n) is 1.56. The number of hydrogen-bond donors (Lipinski definition) is 5. The molecule has 0 spiro atoms. The molecule has 0 amide bonds. The van der Waals surface area contributed by atoms with Crippen molar-refractivity contribution in [2.45, 2.75) is 17.4 Å². The van der Waals surface area contributed by atoms with Gasteiger partial charge in [-0.3, -0.25) is 9.59 Å². The van der Waals surface area contributed by atoms with Crippen molar-refractivity contribution in [3.05, 3.63) is 0 Å². The lowest BCUT2D eigenvalue weighted by atomic mass is 10.2. The van der Waals surface area contributed by atoms with E-state index in [2.05, 4.69) is 0 Å². The van der Waals surface area contributed by atoms with Crippen LogP contribution in [-0.4, -0.2) is 61.5 Å². The van der Waals surface area contributed by atoms with E-state index in [4.69, 9.17) is 26.2 Å². The molecule has 0 bridgehead atoms. The average Bonchev–Trinajstić information content (AvgIpc) is 2.16. The number of thioether (sulfide) groups is 1. The predicted molar refractivity (Wildman–Crippen MR) is 53.1 cm³/mol. The van der Waals surface area contributed by atoms with E-state index in [1.165, 1.54) is 0 Å². The fourth-order valence-corrected chi connectivity index (χ4v) is 1.70. The number of rotatable bonds is 7. The first-order valence-corrected chi connectivity index (χ1v) is 5.06. The molecule has 0 aromatic heterocycles. The summed E-state index contributed by atoms with van der Waals surface area (Å²) in [6.07, 6.45) is -2.11. The molecule has 0 heterocycles. The van der Waals surface area contributed by atoms with Gasteiger partial charge in [0.2, 0.25) is 0 Å². The number of hydrogen-bond acceptors (Lipinski definition) is 6. The molecule has 0 radical (unpaired) electrons. The monoisotopic (exact) mass is 253 g/mol. The Hall–Kier alpha value is -1.32. The summed E-state index contributed by atoms with van der Waals surface area (Å²) in [6.45, 7) is 0. The van der Waals surface area contributed by atoms with Crippen LogP contribution in [0.15, 0.2) is 0 Å². The van der Waals surface area contributed by atoms with Gasteiger partial charge < -0.3 is 26.2 Å². The Kier molecular flexibility index (Phi) is 5.78. The number of carboxylic acids is 3. The van der Waals surface area contributed by atoms with E-state index in [1.54, 1.807) is 0 Å². The molecule has 0 fully saturated rings. The smallest absolute Gasteiger partial charge is 0.334 e. The molecule has 0 aromatic carbocycles. The van der Waals surface area contributed by atoms with Gasteiger partial charge in [0.05, 0.1) is 0 Å². The highest BCUT2D eigenvalue weighted by molar-refractivity contribution is 8.00. The second-order valence-corrected chi connectivity index (χ2v) is 3.99. The zero-order chi connectivity index (χ0) is 12.9. The van der Waals surface area contributed by atoms with Gasteiger partial charge in [-0.2, -0.15) is 0 Å². The van der Waals surface area contributed by atoms with Crippen LogP contribution in [0, 0.1) is 0 Å². The van der Waals surface area contributed by atoms with Gasteiger partial charge in [-0.25, -0.2) is 4.79 Å². The van der Waals surface area contributed by atoms with Crippen LogP contribution in [-0.2, 0) is 14.4 Å². The van der Waals surface area contributed by atoms with Crippen LogP contribution in [0.3, 0.4) is 0 Å². The Morgan fingerprint density at radius 3 is 1.88 bits per heavy atom. The first-order chi connectivity index (χ1) is 7.27. The number of carboxylic acid groups (broad SMARTS) is 3. The highest BCUT2D eigenvalue weighted by Crippen LogP contribution is 2.16. The molecule has 3 atom stereocenters. The molecule has 16 heavy (non-hydrogen) atoms. The van der Waals surface area contributed by atoms with Crippen LogP contribution in [0.5, 0.6) is 0 Å². The molecule has 9 heteroatoms. The van der Waals surface area contributed by atoms with Gasteiger partial charge in [-0.05, 0) is 0 Å². The zero-order valence-corrected chi connectivity index (χ0v) is 8.75. The summed E-state index contributed by atoms with van der Waals surface area (Å²) in [5.74, 6) is -4.88. The van der Waals surface area contributed by atoms with Crippen molar-refractivity contribution in [3.63, 3.8) is 0 Å². The lowest BCUT2D eigenvalue weighted by Gasteiger charge is -2.16. The van der Waals surface area contributed by atoms with Crippen molar-refractivity contribution in [2.24, 2.45) is 5.73 Å². The maximum atomic E-state index is 10.6. The van der Waals surface area contributed by atoms with Gasteiger partial charge in [0.1, 0.15) is 11.3 Å². The normalized spacial score (nSPS) is 16.1. The van der Waals surface area contributed by atoms with E-state index >= 15 is 0 Å². The van der Waals surface area contributed by atoms with Gasteiger partial charge in [0, 0.05) is 5.75 Å². The van der Waals surface area contributed by atoms with Gasteiger partial charge in [-0.15, -0.1) is 11.8 Å². The van der Waals surface area contributed by atoms with Gasteiger partial charge in [0.15, 0.2) is 6.10 Å². The summed E-state index contributed by atoms with van der Waals surface area (Å²) < 4.78 is 0. The second kappa shape index (κ2) is 6.30. The Balaban J connectivity index is 4.42. The molecule has 0 aromatic rings. The van der Waals surface area contributed by atoms with Crippen LogP contribution in [0.1, 0.15) is 0 Å². The Bertz CT molecular complexity index is 294. The summed E-state index contributed by atoms with van der Waals surface area (Å²) in [5, 5.41) is 32.8. The first-order valence-electron chi connectivity index (χ1n) is 4.01. The molecule has 8 nitrogen and oxygen atoms in total. The molecule has 0 saturated heterocycles. The van der Waals surface area contributed by atoms with E-state index in [1.807, 2.05) is 0 Å². The maximum Gasteiger partial charge on any atom is 0.334 e. The van der Waals surface area contributed by atoms with E-state index < -0.39 is 35.3 Å². The summed E-state index contributed by atoms with van der Waals surface area (Å²) in [4.78, 5) is 31.3. The van der Waals surface area contributed by atoms with E-state index in [-0.39, 0.29) is 5.75 Å². The number of carbonyl (C=O) groups is 3. The molecule has 0 rings (SSSR count). The minimum atomic E-state index is -2.11. The van der Waals surface area contributed by atoms with Crippen molar-refractivity contribution in [1.82, 2.24) is 0 Å². The summed E-state index contributed by atoms with van der Waals surface area (Å²) >= 11 is 0.466. The molecule has 0 aliphatic rings. The van der Waals surface area contributed by atoms with Crippen molar-refractivity contribution in [2.75, 3.05) is 5.75 Å². The molecule has 92 valence electrons. The van der Waals surface area contributed by atoms with Gasteiger partial charge in [-0.1, -0.05) is 0 Å². The maximum absolute atomic E-state index is 10.6. The highest BCUT2D eigenvalue weighted by atomic mass is 32.2. The summed E-state index contributed by atoms with van der Waals surface area (Å²) in [7, 11) is 0. The van der Waals surface area contributed by atoms with Crippen LogP contribution in [0.2, 0.25) is 0 Å². The second-order valence-electron chi connectivity index (χ2n) is 2.82.